The van der Waals surface area contributed by atoms with Crippen LogP contribution in [0.1, 0.15) is 102 Å². The Balaban J connectivity index is 0.000000244. The van der Waals surface area contributed by atoms with Gasteiger partial charge in [-0.3, -0.25) is 0 Å². The van der Waals surface area contributed by atoms with Gasteiger partial charge in [-0.2, -0.15) is 12.1 Å². The summed E-state index contributed by atoms with van der Waals surface area (Å²) in [5.41, 5.74) is 14.5. The fourth-order valence-corrected chi connectivity index (χ4v) is 6.82. The zero-order chi connectivity index (χ0) is 38.6. The van der Waals surface area contributed by atoms with Crippen LogP contribution in [0.25, 0.3) is 43.8 Å². The monoisotopic (exact) mass is 824 g/mol. The second kappa shape index (κ2) is 20.5. The van der Waals surface area contributed by atoms with Crippen molar-refractivity contribution in [3.63, 3.8) is 0 Å². The number of benzene rings is 4. The molecule has 0 aliphatic rings. The number of hydrogen-bond acceptors (Lipinski definition) is 0. The average molecular weight is 827 g/mol. The average Bonchev–Trinajstić information content (AvgIpc) is 3.73. The van der Waals surface area contributed by atoms with Gasteiger partial charge in [-0.05, 0) is 59.8 Å². The van der Waals surface area contributed by atoms with Gasteiger partial charge in [0.25, 0.3) is 0 Å². The zero-order valence-corrected chi connectivity index (χ0v) is 38.8. The van der Waals surface area contributed by atoms with Crippen LogP contribution in [0, 0.1) is 13.8 Å². The second-order valence-electron chi connectivity index (χ2n) is 15.9. The molecule has 6 aromatic carbocycles. The molecule has 0 saturated carbocycles. The molecule has 0 aromatic heterocycles. The summed E-state index contributed by atoms with van der Waals surface area (Å²) in [6.45, 7) is 27.0. The van der Waals surface area contributed by atoms with Crippen molar-refractivity contribution in [3.8, 4) is 22.3 Å². The van der Waals surface area contributed by atoms with E-state index in [0.717, 1.165) is 22.4 Å². The molecule has 6 rings (SSSR count). The summed E-state index contributed by atoms with van der Waals surface area (Å²) in [5, 5.41) is 5.56. The first-order valence-electron chi connectivity index (χ1n) is 18.8. The molecular weight excluding hydrogens is 767 g/mol. The summed E-state index contributed by atoms with van der Waals surface area (Å²) in [6, 6.07) is 36.4. The van der Waals surface area contributed by atoms with Gasteiger partial charge in [0.15, 0.2) is 0 Å². The predicted molar refractivity (Wildman–Crippen MR) is 234 cm³/mol. The first-order chi connectivity index (χ1) is 24.7. The van der Waals surface area contributed by atoms with Gasteiger partial charge < -0.3 is 0 Å². The van der Waals surface area contributed by atoms with Gasteiger partial charge in [0.1, 0.15) is 0 Å². The molecule has 6 aromatic rings. The van der Waals surface area contributed by atoms with Gasteiger partial charge in [0, 0.05) is 9.52 Å². The van der Waals surface area contributed by atoms with Crippen molar-refractivity contribution in [1.29, 1.82) is 0 Å². The first-order valence-corrected chi connectivity index (χ1v) is 27.1. The van der Waals surface area contributed by atoms with E-state index in [2.05, 4.69) is 179 Å². The van der Waals surface area contributed by atoms with Crippen LogP contribution in [0.4, 0.5) is 0 Å². The molecular formula is C48H60Cl2SiZr. The molecule has 52 heavy (non-hydrogen) atoms. The maximum atomic E-state index is 4.93. The van der Waals surface area contributed by atoms with Crippen molar-refractivity contribution in [1.82, 2.24) is 0 Å². The van der Waals surface area contributed by atoms with E-state index in [4.69, 9.17) is 17.0 Å². The normalized spacial score (nSPS) is 11.2. The third kappa shape index (κ3) is 11.4. The number of aryl methyl sites for hydroxylation is 4. The Morgan fingerprint density at radius 1 is 0.577 bits per heavy atom. The molecule has 0 heterocycles. The van der Waals surface area contributed by atoms with Crippen molar-refractivity contribution < 1.29 is 20.8 Å². The van der Waals surface area contributed by atoms with Crippen LogP contribution >= 0.6 is 17.0 Å². The van der Waals surface area contributed by atoms with E-state index < -0.39 is 20.8 Å². The molecule has 0 N–H and O–H groups in total. The number of rotatable bonds is 6. The standard InChI is InChI=1S/2C23H27.C2H6Si.2ClH.Zr/c2*1-6-9-17-12-13-18-14-19(23(3,4)5)15-21(18)22(17)20-11-8-7-10-16(20)2;1-3-2;;;/h2*7-8,10-15H,6,9H2,1-5H3;1-2H3;2*1H;/q2*-1;;;;+4/p-2. The van der Waals surface area contributed by atoms with Crippen molar-refractivity contribution in [2.75, 3.05) is 0 Å². The summed E-state index contributed by atoms with van der Waals surface area (Å²) in [6.07, 6.45) is 4.62. The molecule has 0 unspecified atom stereocenters. The molecule has 0 amide bonds. The Labute approximate surface area is 338 Å². The van der Waals surface area contributed by atoms with Crippen molar-refractivity contribution in [2.45, 2.75) is 119 Å². The molecule has 0 spiro atoms. The predicted octanol–water partition coefficient (Wildman–Crippen LogP) is 15.7. The molecule has 0 aliphatic heterocycles. The topological polar surface area (TPSA) is 0 Å². The fourth-order valence-electron chi connectivity index (χ4n) is 6.82. The molecule has 274 valence electrons. The van der Waals surface area contributed by atoms with Crippen LogP contribution in [-0.2, 0) is 44.5 Å². The molecule has 2 radical (unpaired) electrons. The van der Waals surface area contributed by atoms with Crippen molar-refractivity contribution >= 4 is 48.1 Å². The van der Waals surface area contributed by atoms with Crippen molar-refractivity contribution in [3.05, 3.63) is 130 Å². The minimum absolute atomic E-state index is 0.187. The Morgan fingerprint density at radius 2 is 0.904 bits per heavy atom. The van der Waals surface area contributed by atoms with E-state index in [1.807, 2.05) is 0 Å². The Kier molecular flexibility index (Phi) is 17.4. The van der Waals surface area contributed by atoms with Crippen LogP contribution in [-0.4, -0.2) is 9.52 Å². The van der Waals surface area contributed by atoms with E-state index in [9.17, 15) is 0 Å². The van der Waals surface area contributed by atoms with Gasteiger partial charge in [0.2, 0.25) is 0 Å². The molecule has 0 saturated heterocycles. The van der Waals surface area contributed by atoms with E-state index in [1.165, 1.54) is 90.0 Å². The molecule has 0 nitrogen and oxygen atoms in total. The second-order valence-corrected chi connectivity index (χ2v) is 20.6. The van der Waals surface area contributed by atoms with E-state index >= 15 is 0 Å². The third-order valence-electron chi connectivity index (χ3n) is 9.55. The zero-order valence-electron chi connectivity index (χ0n) is 33.8. The van der Waals surface area contributed by atoms with E-state index in [0.29, 0.717) is 0 Å². The summed E-state index contributed by atoms with van der Waals surface area (Å²) >= 11 is -0.826. The fraction of sp³-hybridized carbons (Fsp3) is 0.375. The Hall–Kier alpha value is -2.22. The maximum absolute atomic E-state index is 4.93. The summed E-state index contributed by atoms with van der Waals surface area (Å²) in [7, 11) is 11.0. The summed E-state index contributed by atoms with van der Waals surface area (Å²) in [4.78, 5) is 0. The van der Waals surface area contributed by atoms with Gasteiger partial charge in [-0.15, -0.1) is 69.1 Å². The number of hydrogen-bond donors (Lipinski definition) is 0. The number of fused-ring (bicyclic) bond motifs is 2. The van der Waals surface area contributed by atoms with Gasteiger partial charge in [-0.25, -0.2) is 0 Å². The molecule has 0 fully saturated rings. The van der Waals surface area contributed by atoms with Gasteiger partial charge in [0.05, 0.1) is 0 Å². The molecule has 0 aliphatic carbocycles. The quantitative estimate of drug-likeness (QED) is 0.116. The molecule has 0 atom stereocenters. The summed E-state index contributed by atoms with van der Waals surface area (Å²) < 4.78 is 0. The number of halogens is 2. The summed E-state index contributed by atoms with van der Waals surface area (Å²) in [5.74, 6) is 0. The van der Waals surface area contributed by atoms with E-state index in [1.54, 1.807) is 0 Å². The van der Waals surface area contributed by atoms with Gasteiger partial charge in [-0.1, -0.05) is 152 Å². The van der Waals surface area contributed by atoms with Crippen LogP contribution in [0.3, 0.4) is 0 Å². The Bertz CT molecular complexity index is 1850. The molecule has 4 heteroatoms. The molecule has 0 bridgehead atoms. The van der Waals surface area contributed by atoms with Crippen molar-refractivity contribution in [2.24, 2.45) is 0 Å². The third-order valence-corrected chi connectivity index (χ3v) is 9.55. The van der Waals surface area contributed by atoms with Gasteiger partial charge >= 0.3 is 37.9 Å². The van der Waals surface area contributed by atoms with Crippen LogP contribution in [0.5, 0.6) is 0 Å². The first kappa shape index (κ1) is 44.2. The Morgan fingerprint density at radius 3 is 1.19 bits per heavy atom. The SMILES string of the molecule is CCCc1ccc2[cH-]c(C(C)(C)C)cc2c1-c1ccccc1C.CCCc1ccc2[cH-]c(C(C)(C)C)cc2c1-c1ccccc1C.C[Si]C.[Cl][Zr+2][Cl]. The van der Waals surface area contributed by atoms with E-state index in [-0.39, 0.29) is 10.8 Å². The minimum atomic E-state index is -0.826. The van der Waals surface area contributed by atoms with Crippen LogP contribution < -0.4 is 0 Å². The van der Waals surface area contributed by atoms with Crippen LogP contribution in [0.15, 0.2) is 97.1 Å². The van der Waals surface area contributed by atoms with Crippen LogP contribution in [0.2, 0.25) is 13.1 Å².